The monoisotopic (exact) mass is 736 g/mol. The van der Waals surface area contributed by atoms with E-state index in [1.807, 2.05) is 6.92 Å². The van der Waals surface area contributed by atoms with Crippen LogP contribution in [0.5, 0.6) is 0 Å². The van der Waals surface area contributed by atoms with Gasteiger partial charge < -0.3 is 4.74 Å². The standard InChI is InChI=1S/C37H28Cl4N2O6/c1-3-5-10-42-34(45)17-13-21(38)28-30-23(40)15-19-27-20(37(48)43(36(19)47)11-8-6-7-9-12-49-25(44)4-2)16-24(41)31(33(27)30)29-22(39)14-18(35(42)46)26(17)32(28)29/h4,13-16H,2-3,5-12H2,1H3. The van der Waals surface area contributed by atoms with Crippen LogP contribution in [0.25, 0.3) is 43.1 Å². The largest absolute Gasteiger partial charge is 0.463 e. The Balaban J connectivity index is 1.38. The molecule has 5 aromatic rings. The Morgan fingerprint density at radius 2 is 0.959 bits per heavy atom. The van der Waals surface area contributed by atoms with Crippen molar-refractivity contribution in [3.8, 4) is 0 Å². The molecule has 0 aliphatic carbocycles. The van der Waals surface area contributed by atoms with Crippen LogP contribution >= 0.6 is 46.4 Å². The molecule has 4 amide bonds. The number of amides is 4. The van der Waals surface area contributed by atoms with Crippen LogP contribution in [0.15, 0.2) is 36.9 Å². The fraction of sp³-hybridized carbons (Fsp3) is 0.270. The quantitative estimate of drug-likeness (QED) is 0.0334. The van der Waals surface area contributed by atoms with Crippen LogP contribution in [0.1, 0.15) is 86.9 Å². The molecule has 250 valence electrons. The van der Waals surface area contributed by atoms with E-state index in [9.17, 15) is 24.0 Å². The highest BCUT2D eigenvalue weighted by atomic mass is 35.5. The highest BCUT2D eigenvalue weighted by Crippen LogP contribution is 2.53. The number of benzene rings is 5. The Labute approximate surface area is 300 Å². The molecule has 8 nitrogen and oxygen atoms in total. The van der Waals surface area contributed by atoms with E-state index in [2.05, 4.69) is 6.58 Å². The molecule has 7 rings (SSSR count). The summed E-state index contributed by atoms with van der Waals surface area (Å²) in [4.78, 5) is 69.0. The van der Waals surface area contributed by atoms with Gasteiger partial charge in [-0.15, -0.1) is 0 Å². The number of ether oxygens (including phenoxy) is 1. The SMILES string of the molecule is C=CC(=O)OCCCCCCN1C(=O)c2cc(Cl)c3c4c(Cl)cc5c6c(cc(Cl)c(c7c(Cl)cc(c2c37)C1=O)c64)C(=O)N(CCCC)C5=O. The van der Waals surface area contributed by atoms with E-state index >= 15 is 0 Å². The van der Waals surface area contributed by atoms with E-state index < -0.39 is 29.6 Å². The number of hydrogen-bond donors (Lipinski definition) is 0. The maximum absolute atomic E-state index is 14.0. The zero-order valence-electron chi connectivity index (χ0n) is 26.3. The molecule has 0 spiro atoms. The molecule has 0 atom stereocenters. The number of carbonyl (C=O) groups excluding carboxylic acids is 5. The second-order valence-corrected chi connectivity index (χ2v) is 13.9. The first kappa shape index (κ1) is 33.5. The first-order valence-corrected chi connectivity index (χ1v) is 17.5. The summed E-state index contributed by atoms with van der Waals surface area (Å²) in [6, 6.07) is 6.18. The maximum Gasteiger partial charge on any atom is 0.330 e. The molecule has 12 heteroatoms. The van der Waals surface area contributed by atoms with Gasteiger partial charge in [-0.2, -0.15) is 0 Å². The smallest absolute Gasteiger partial charge is 0.330 e. The molecule has 0 saturated heterocycles. The number of carbonyl (C=O) groups is 5. The summed E-state index contributed by atoms with van der Waals surface area (Å²) in [7, 11) is 0. The third-order valence-corrected chi connectivity index (χ3v) is 10.6. The summed E-state index contributed by atoms with van der Waals surface area (Å²) in [5, 5.41) is 4.28. The fourth-order valence-electron chi connectivity index (χ4n) is 7.24. The van der Waals surface area contributed by atoms with Crippen molar-refractivity contribution < 1.29 is 28.7 Å². The summed E-state index contributed by atoms with van der Waals surface area (Å²) in [5.74, 6) is -2.36. The zero-order valence-corrected chi connectivity index (χ0v) is 29.3. The van der Waals surface area contributed by atoms with Gasteiger partial charge in [-0.25, -0.2) is 4.79 Å². The molecule has 5 aromatic carbocycles. The van der Waals surface area contributed by atoms with Crippen LogP contribution < -0.4 is 0 Å². The van der Waals surface area contributed by atoms with Crippen molar-refractivity contribution in [2.24, 2.45) is 0 Å². The molecule has 0 saturated carbocycles. The van der Waals surface area contributed by atoms with E-state index in [1.54, 1.807) is 12.1 Å². The topological polar surface area (TPSA) is 101 Å². The van der Waals surface area contributed by atoms with Gasteiger partial charge in [-0.3, -0.25) is 29.0 Å². The van der Waals surface area contributed by atoms with Gasteiger partial charge in [0.15, 0.2) is 0 Å². The molecule has 0 fully saturated rings. The van der Waals surface area contributed by atoms with Crippen molar-refractivity contribution in [2.75, 3.05) is 19.7 Å². The van der Waals surface area contributed by atoms with Crippen molar-refractivity contribution in [3.05, 3.63) is 79.3 Å². The molecule has 0 radical (unpaired) electrons. The van der Waals surface area contributed by atoms with Crippen molar-refractivity contribution in [2.45, 2.75) is 45.4 Å². The molecule has 2 aliphatic rings. The van der Waals surface area contributed by atoms with Gasteiger partial charge in [-0.05, 0) is 49.9 Å². The number of imide groups is 2. The van der Waals surface area contributed by atoms with Crippen LogP contribution in [-0.2, 0) is 9.53 Å². The molecule has 0 unspecified atom stereocenters. The number of unbranched alkanes of at least 4 members (excludes halogenated alkanes) is 4. The van der Waals surface area contributed by atoms with Crippen molar-refractivity contribution in [3.63, 3.8) is 0 Å². The average Bonchev–Trinajstić information content (AvgIpc) is 3.08. The van der Waals surface area contributed by atoms with Crippen molar-refractivity contribution in [1.82, 2.24) is 9.80 Å². The van der Waals surface area contributed by atoms with Crippen molar-refractivity contribution >= 4 is 119 Å². The molecule has 0 aromatic heterocycles. The van der Waals surface area contributed by atoms with E-state index in [1.165, 1.54) is 21.9 Å². The van der Waals surface area contributed by atoms with E-state index in [0.29, 0.717) is 68.8 Å². The van der Waals surface area contributed by atoms with E-state index in [0.717, 1.165) is 18.9 Å². The lowest BCUT2D eigenvalue weighted by Gasteiger charge is -2.31. The maximum atomic E-state index is 14.0. The number of hydrogen-bond acceptors (Lipinski definition) is 6. The van der Waals surface area contributed by atoms with Gasteiger partial charge >= 0.3 is 5.97 Å². The molecule has 49 heavy (non-hydrogen) atoms. The normalized spacial score (nSPS) is 14.4. The lowest BCUT2D eigenvalue weighted by molar-refractivity contribution is -0.137. The third-order valence-electron chi connectivity index (χ3n) is 9.44. The van der Waals surface area contributed by atoms with Gasteiger partial charge in [0.2, 0.25) is 0 Å². The lowest BCUT2D eigenvalue weighted by atomic mass is 9.82. The molecule has 0 bridgehead atoms. The molecular formula is C37H28Cl4N2O6. The minimum absolute atomic E-state index is 0.173. The summed E-state index contributed by atoms with van der Waals surface area (Å²) in [6.07, 6.45) is 5.17. The first-order valence-electron chi connectivity index (χ1n) is 16.0. The zero-order chi connectivity index (χ0) is 34.9. The average molecular weight is 738 g/mol. The van der Waals surface area contributed by atoms with E-state index in [-0.39, 0.29) is 62.0 Å². The summed E-state index contributed by atoms with van der Waals surface area (Å²) in [5.41, 5.74) is 1.02. The molecular weight excluding hydrogens is 710 g/mol. The predicted octanol–water partition coefficient (Wildman–Crippen LogP) is 9.63. The summed E-state index contributed by atoms with van der Waals surface area (Å²) >= 11 is 28.1. The summed E-state index contributed by atoms with van der Waals surface area (Å²) < 4.78 is 5.00. The van der Waals surface area contributed by atoms with Crippen molar-refractivity contribution in [1.29, 1.82) is 0 Å². The number of rotatable bonds is 11. The Hall–Kier alpha value is -3.95. The number of halogens is 4. The molecule has 2 heterocycles. The van der Waals surface area contributed by atoms with Gasteiger partial charge in [0.25, 0.3) is 23.6 Å². The van der Waals surface area contributed by atoms with Crippen LogP contribution in [-0.4, -0.2) is 59.1 Å². The summed E-state index contributed by atoms with van der Waals surface area (Å²) in [6.45, 7) is 6.04. The van der Waals surface area contributed by atoms with Gasteiger partial charge in [-0.1, -0.05) is 72.7 Å². The first-order chi connectivity index (χ1) is 23.5. The minimum atomic E-state index is -0.490. The Kier molecular flexibility index (Phi) is 8.72. The lowest BCUT2D eigenvalue weighted by Crippen LogP contribution is -2.41. The van der Waals surface area contributed by atoms with Gasteiger partial charge in [0.05, 0.1) is 28.9 Å². The minimum Gasteiger partial charge on any atom is -0.463 e. The fourth-order valence-corrected chi connectivity index (χ4v) is 8.43. The van der Waals surface area contributed by atoms with Crippen LogP contribution in [0.4, 0.5) is 0 Å². The molecule has 0 N–H and O–H groups in total. The Morgan fingerprint density at radius 3 is 1.33 bits per heavy atom. The van der Waals surface area contributed by atoms with E-state index in [4.69, 9.17) is 51.1 Å². The van der Waals surface area contributed by atoms with Crippen LogP contribution in [0.2, 0.25) is 20.1 Å². The highest BCUT2D eigenvalue weighted by Gasteiger charge is 2.39. The van der Waals surface area contributed by atoms with Gasteiger partial charge in [0, 0.05) is 82.3 Å². The molecule has 2 aliphatic heterocycles. The second kappa shape index (κ2) is 12.7. The number of esters is 1. The highest BCUT2D eigenvalue weighted by molar-refractivity contribution is 6.56. The number of fused-ring (bicyclic) bond motifs is 2. The predicted molar refractivity (Wildman–Crippen MR) is 193 cm³/mol. The third kappa shape index (κ3) is 5.06. The van der Waals surface area contributed by atoms with Crippen LogP contribution in [0, 0.1) is 0 Å². The van der Waals surface area contributed by atoms with Crippen LogP contribution in [0.3, 0.4) is 0 Å². The van der Waals surface area contributed by atoms with Gasteiger partial charge in [0.1, 0.15) is 0 Å². The second-order valence-electron chi connectivity index (χ2n) is 12.3. The Morgan fingerprint density at radius 1 is 0.592 bits per heavy atom. The number of nitrogens with zero attached hydrogens (tertiary/aromatic N) is 2. The Bertz CT molecular complexity index is 2200.